The zero-order valence-corrected chi connectivity index (χ0v) is 8.80. The number of rotatable bonds is 1. The Morgan fingerprint density at radius 1 is 1.27 bits per heavy atom. The van der Waals surface area contributed by atoms with E-state index in [1.54, 1.807) is 6.07 Å². The second-order valence-corrected chi connectivity index (χ2v) is 3.68. The summed E-state index contributed by atoms with van der Waals surface area (Å²) in [6, 6.07) is 4.53. The first-order valence-corrected chi connectivity index (χ1v) is 4.76. The highest BCUT2D eigenvalue weighted by molar-refractivity contribution is 6.33. The van der Waals surface area contributed by atoms with Crippen LogP contribution in [0.15, 0.2) is 27.4 Å². The van der Waals surface area contributed by atoms with Crippen molar-refractivity contribution in [2.75, 3.05) is 0 Å². The van der Waals surface area contributed by atoms with Gasteiger partial charge in [0.05, 0.1) is 5.39 Å². The van der Waals surface area contributed by atoms with E-state index in [0.29, 0.717) is 11.3 Å². The van der Waals surface area contributed by atoms with E-state index in [-0.39, 0.29) is 21.8 Å². The highest BCUT2D eigenvalue weighted by Gasteiger charge is 2.11. The van der Waals surface area contributed by atoms with E-state index < -0.39 is 5.43 Å². The molecule has 0 amide bonds. The van der Waals surface area contributed by atoms with Crippen molar-refractivity contribution in [1.82, 2.24) is 0 Å². The molecule has 0 aliphatic heterocycles. The van der Waals surface area contributed by atoms with Crippen LogP contribution < -0.4 is 5.43 Å². The minimum absolute atomic E-state index is 0.170. The predicted molar refractivity (Wildman–Crippen MR) is 57.9 cm³/mol. The van der Waals surface area contributed by atoms with Crippen molar-refractivity contribution in [2.45, 2.75) is 0 Å². The van der Waals surface area contributed by atoms with Gasteiger partial charge in [-0.25, -0.2) is 0 Å². The summed E-state index contributed by atoms with van der Waals surface area (Å²) < 4.78 is 5.12. The monoisotopic (exact) mass is 242 g/mol. The van der Waals surface area contributed by atoms with E-state index in [1.165, 1.54) is 12.1 Å². The average molecular weight is 243 g/mol. The predicted octanol–water partition coefficient (Wildman–Crippen LogP) is 2.91. The Balaban J connectivity index is 2.97. The third-order valence-electron chi connectivity index (χ3n) is 1.93. The Labute approximate surface area is 94.2 Å². The van der Waals surface area contributed by atoms with Gasteiger partial charge >= 0.3 is 0 Å². The smallest absolute Gasteiger partial charge is 0.212 e. The average Bonchev–Trinajstić information content (AvgIpc) is 2.24. The van der Waals surface area contributed by atoms with Gasteiger partial charge in [0.25, 0.3) is 0 Å². The molecule has 0 bridgehead atoms. The van der Waals surface area contributed by atoms with Gasteiger partial charge < -0.3 is 4.42 Å². The van der Waals surface area contributed by atoms with Crippen LogP contribution in [0.1, 0.15) is 10.6 Å². The molecule has 1 aromatic carbocycles. The first-order valence-electron chi connectivity index (χ1n) is 4.00. The molecule has 0 atom stereocenters. The number of halogens is 2. The molecular weight excluding hydrogens is 239 g/mol. The third kappa shape index (κ3) is 1.64. The lowest BCUT2D eigenvalue weighted by molar-refractivity contribution is 0.110. The first-order chi connectivity index (χ1) is 7.13. The zero-order valence-electron chi connectivity index (χ0n) is 7.29. The van der Waals surface area contributed by atoms with Crippen molar-refractivity contribution >= 4 is 40.5 Å². The van der Waals surface area contributed by atoms with Gasteiger partial charge in [0.2, 0.25) is 5.43 Å². The molecule has 0 aliphatic rings. The van der Waals surface area contributed by atoms with Crippen LogP contribution >= 0.6 is 23.2 Å². The van der Waals surface area contributed by atoms with Crippen LogP contribution in [0.3, 0.4) is 0 Å². The van der Waals surface area contributed by atoms with Crippen molar-refractivity contribution in [3.8, 4) is 0 Å². The molecule has 0 spiro atoms. The Hall–Kier alpha value is -1.32. The normalized spacial score (nSPS) is 10.5. The van der Waals surface area contributed by atoms with Crippen LogP contribution in [-0.4, -0.2) is 6.29 Å². The van der Waals surface area contributed by atoms with Gasteiger partial charge in [-0.2, -0.15) is 0 Å². The van der Waals surface area contributed by atoms with Gasteiger partial charge in [0.1, 0.15) is 10.6 Å². The lowest BCUT2D eigenvalue weighted by Crippen LogP contribution is -2.05. The molecule has 0 N–H and O–H groups in total. The Kier molecular flexibility index (Phi) is 2.50. The third-order valence-corrected chi connectivity index (χ3v) is 2.52. The molecule has 0 aliphatic carbocycles. The quantitative estimate of drug-likeness (QED) is 0.723. The minimum atomic E-state index is -0.456. The van der Waals surface area contributed by atoms with Crippen LogP contribution in [0, 0.1) is 0 Å². The number of hydrogen-bond acceptors (Lipinski definition) is 3. The summed E-state index contributed by atoms with van der Waals surface area (Å²) in [5.41, 5.74) is -0.168. The Morgan fingerprint density at radius 2 is 2.00 bits per heavy atom. The van der Waals surface area contributed by atoms with Gasteiger partial charge in [-0.3, -0.25) is 9.59 Å². The van der Waals surface area contributed by atoms with Crippen LogP contribution in [0.5, 0.6) is 0 Å². The SMILES string of the molecule is O=Cc1oc2ccc(Cl)cc2c(=O)c1Cl. The number of fused-ring (bicyclic) bond motifs is 1. The summed E-state index contributed by atoms with van der Waals surface area (Å²) >= 11 is 11.4. The Bertz CT molecular complexity index is 601. The maximum Gasteiger partial charge on any atom is 0.212 e. The van der Waals surface area contributed by atoms with Gasteiger partial charge in [0, 0.05) is 5.02 Å². The molecule has 0 fully saturated rings. The highest BCUT2D eigenvalue weighted by atomic mass is 35.5. The number of hydrogen-bond donors (Lipinski definition) is 0. The number of aldehydes is 1. The van der Waals surface area contributed by atoms with E-state index in [2.05, 4.69) is 0 Å². The lowest BCUT2D eigenvalue weighted by atomic mass is 10.2. The number of benzene rings is 1. The molecule has 15 heavy (non-hydrogen) atoms. The van der Waals surface area contributed by atoms with E-state index in [1.807, 2.05) is 0 Å². The number of carbonyl (C=O) groups excluding carboxylic acids is 1. The molecule has 5 heteroatoms. The molecule has 3 nitrogen and oxygen atoms in total. The van der Waals surface area contributed by atoms with Crippen molar-refractivity contribution in [3.05, 3.63) is 44.2 Å². The molecule has 2 aromatic rings. The fourth-order valence-electron chi connectivity index (χ4n) is 1.24. The van der Waals surface area contributed by atoms with Crippen LogP contribution in [0.25, 0.3) is 11.0 Å². The highest BCUT2D eigenvalue weighted by Crippen LogP contribution is 2.20. The standard InChI is InChI=1S/C10H4Cl2O3/c11-5-1-2-7-6(3-5)10(14)9(12)8(4-13)15-7/h1-4H. The van der Waals surface area contributed by atoms with E-state index in [4.69, 9.17) is 27.6 Å². The molecule has 0 saturated carbocycles. The summed E-state index contributed by atoms with van der Waals surface area (Å²) in [6.45, 7) is 0. The summed E-state index contributed by atoms with van der Waals surface area (Å²) in [6.07, 6.45) is 0.401. The summed E-state index contributed by atoms with van der Waals surface area (Å²) in [7, 11) is 0. The largest absolute Gasteiger partial charge is 0.451 e. The maximum absolute atomic E-state index is 11.7. The molecule has 1 heterocycles. The van der Waals surface area contributed by atoms with Crippen molar-refractivity contribution in [3.63, 3.8) is 0 Å². The summed E-state index contributed by atoms with van der Waals surface area (Å²) in [4.78, 5) is 22.2. The second kappa shape index (κ2) is 3.68. The molecule has 76 valence electrons. The fourth-order valence-corrected chi connectivity index (χ4v) is 1.59. The molecule has 0 unspecified atom stereocenters. The van der Waals surface area contributed by atoms with E-state index >= 15 is 0 Å². The van der Waals surface area contributed by atoms with Gasteiger partial charge in [-0.1, -0.05) is 23.2 Å². The number of carbonyl (C=O) groups is 1. The van der Waals surface area contributed by atoms with E-state index in [0.717, 1.165) is 0 Å². The lowest BCUT2D eigenvalue weighted by Gasteiger charge is -2.00. The Morgan fingerprint density at radius 3 is 2.67 bits per heavy atom. The molecule has 1 aromatic heterocycles. The van der Waals surface area contributed by atoms with Crippen LogP contribution in [0.4, 0.5) is 0 Å². The molecular formula is C10H4Cl2O3. The summed E-state index contributed by atoms with van der Waals surface area (Å²) in [5.74, 6) is -0.170. The maximum atomic E-state index is 11.7. The molecule has 0 saturated heterocycles. The molecule has 2 rings (SSSR count). The van der Waals surface area contributed by atoms with Crippen LogP contribution in [0.2, 0.25) is 10.0 Å². The van der Waals surface area contributed by atoms with Crippen molar-refractivity contribution in [2.24, 2.45) is 0 Å². The van der Waals surface area contributed by atoms with E-state index in [9.17, 15) is 9.59 Å². The van der Waals surface area contributed by atoms with Crippen molar-refractivity contribution in [1.29, 1.82) is 0 Å². The minimum Gasteiger partial charge on any atom is -0.451 e. The second-order valence-electron chi connectivity index (χ2n) is 2.87. The fraction of sp³-hybridized carbons (Fsp3) is 0. The molecule has 0 radical (unpaired) electrons. The topological polar surface area (TPSA) is 47.3 Å². The van der Waals surface area contributed by atoms with Gasteiger partial charge in [0.15, 0.2) is 12.0 Å². The zero-order chi connectivity index (χ0) is 11.0. The van der Waals surface area contributed by atoms with Gasteiger partial charge in [-0.05, 0) is 18.2 Å². The van der Waals surface area contributed by atoms with Crippen LogP contribution in [-0.2, 0) is 0 Å². The van der Waals surface area contributed by atoms with Gasteiger partial charge in [-0.15, -0.1) is 0 Å². The first kappa shape index (κ1) is 10.2. The summed E-state index contributed by atoms with van der Waals surface area (Å²) in [5, 5.41) is 0.447. The van der Waals surface area contributed by atoms with Crippen molar-refractivity contribution < 1.29 is 9.21 Å².